The lowest BCUT2D eigenvalue weighted by molar-refractivity contribution is -0.159. The van der Waals surface area contributed by atoms with Crippen LogP contribution < -0.4 is 14.4 Å². The first-order chi connectivity index (χ1) is 22.7. The highest BCUT2D eigenvalue weighted by Gasteiger charge is 2.56. The number of carbonyl (C=O) groups excluding carboxylic acids is 2. The third-order valence-electron chi connectivity index (χ3n) is 8.64. The Morgan fingerprint density at radius 2 is 1.75 bits per heavy atom. The highest BCUT2D eigenvalue weighted by Crippen LogP contribution is 2.41. The number of piperazine rings is 1. The van der Waals surface area contributed by atoms with Gasteiger partial charge in [-0.3, -0.25) is 14.6 Å². The van der Waals surface area contributed by atoms with Crippen molar-refractivity contribution in [1.29, 1.82) is 0 Å². The van der Waals surface area contributed by atoms with Crippen molar-refractivity contribution >= 4 is 17.5 Å². The molecule has 4 heterocycles. The van der Waals surface area contributed by atoms with E-state index >= 15 is 0 Å². The fraction of sp³-hybridized carbons (Fsp3) is 0.438. The van der Waals surface area contributed by atoms with Gasteiger partial charge >= 0.3 is 12.4 Å². The van der Waals surface area contributed by atoms with Crippen molar-refractivity contribution in [1.82, 2.24) is 24.6 Å². The van der Waals surface area contributed by atoms with Crippen LogP contribution in [0.1, 0.15) is 40.9 Å². The van der Waals surface area contributed by atoms with E-state index in [-0.39, 0.29) is 38.9 Å². The second kappa shape index (κ2) is 13.4. The van der Waals surface area contributed by atoms with Crippen molar-refractivity contribution in [2.45, 2.75) is 43.3 Å². The number of hydrogen-bond donors (Lipinski definition) is 0. The molecule has 0 saturated carbocycles. The van der Waals surface area contributed by atoms with Gasteiger partial charge in [0.2, 0.25) is 11.5 Å². The maximum Gasteiger partial charge on any atom is 0.435 e. The summed E-state index contributed by atoms with van der Waals surface area (Å²) < 4.78 is 95.4. The Hall–Kier alpha value is -4.76. The number of aromatic nitrogens is 3. The molecule has 2 atom stereocenters. The summed E-state index contributed by atoms with van der Waals surface area (Å²) in [5.41, 5.74) is -4.40. The third kappa shape index (κ3) is 6.65. The molecule has 0 bridgehead atoms. The quantitative estimate of drug-likeness (QED) is 0.238. The highest BCUT2D eigenvalue weighted by atomic mass is 19.4. The molecule has 2 aliphatic heterocycles. The van der Waals surface area contributed by atoms with Crippen molar-refractivity contribution in [3.05, 3.63) is 78.3 Å². The number of amides is 2. The number of hydrogen-bond acceptors (Lipinski definition) is 7. The van der Waals surface area contributed by atoms with E-state index in [4.69, 9.17) is 9.47 Å². The lowest BCUT2D eigenvalue weighted by Gasteiger charge is -2.50. The van der Waals surface area contributed by atoms with Crippen molar-refractivity contribution in [3.8, 4) is 11.6 Å². The van der Waals surface area contributed by atoms with Crippen molar-refractivity contribution in [2.24, 2.45) is 7.05 Å². The van der Waals surface area contributed by atoms with Crippen LogP contribution in [0, 0.1) is 0 Å². The highest BCUT2D eigenvalue weighted by molar-refractivity contribution is 5.97. The Morgan fingerprint density at radius 1 is 1.04 bits per heavy atom. The number of halogens is 6. The molecule has 2 unspecified atom stereocenters. The van der Waals surface area contributed by atoms with Crippen molar-refractivity contribution < 1.29 is 45.4 Å². The van der Waals surface area contributed by atoms with E-state index in [0.29, 0.717) is 31.0 Å². The Labute approximate surface area is 272 Å². The molecule has 10 nitrogen and oxygen atoms in total. The molecule has 16 heteroatoms. The third-order valence-corrected chi connectivity index (χ3v) is 8.64. The fourth-order valence-corrected chi connectivity index (χ4v) is 6.36. The van der Waals surface area contributed by atoms with Crippen LogP contribution in [-0.4, -0.2) is 87.9 Å². The van der Waals surface area contributed by atoms with Crippen LogP contribution in [0.25, 0.3) is 0 Å². The normalized spacial score (nSPS) is 20.4. The predicted molar refractivity (Wildman–Crippen MR) is 161 cm³/mol. The smallest absolute Gasteiger partial charge is 0.435 e. The van der Waals surface area contributed by atoms with Crippen molar-refractivity contribution in [2.75, 3.05) is 44.7 Å². The molecule has 2 aromatic heterocycles. The number of piperidine rings is 1. The summed E-state index contributed by atoms with van der Waals surface area (Å²) in [6.45, 7) is 4.78. The van der Waals surface area contributed by atoms with Gasteiger partial charge in [-0.2, -0.15) is 31.4 Å². The minimum atomic E-state index is -4.88. The fourth-order valence-electron chi connectivity index (χ4n) is 6.36. The van der Waals surface area contributed by atoms with E-state index < -0.39 is 58.5 Å². The van der Waals surface area contributed by atoms with Gasteiger partial charge in [0.05, 0.1) is 30.0 Å². The van der Waals surface area contributed by atoms with Gasteiger partial charge in [-0.1, -0.05) is 18.2 Å². The molecule has 2 amide bonds. The molecule has 0 N–H and O–H groups in total. The average molecular weight is 681 g/mol. The second-order valence-corrected chi connectivity index (χ2v) is 11.5. The SMILES string of the molecule is C=CCC1N(C(=O)c2cnccc2C(F)(F)F)CCCC1(Oc1cc(C(F)(F)F)nn1C)C(=O)N1CCN(c2ccccc2OC)CC1. The number of pyridine rings is 1. The molecule has 48 heavy (non-hydrogen) atoms. The van der Waals surface area contributed by atoms with Gasteiger partial charge in [-0.25, -0.2) is 4.68 Å². The molecule has 0 radical (unpaired) electrons. The zero-order valence-electron chi connectivity index (χ0n) is 26.2. The molecule has 3 aromatic rings. The lowest BCUT2D eigenvalue weighted by Crippen LogP contribution is -2.69. The maximum absolute atomic E-state index is 14.7. The Bertz CT molecular complexity index is 1650. The number of benzene rings is 1. The molecule has 2 fully saturated rings. The number of ether oxygens (including phenoxy) is 2. The molecule has 0 spiro atoms. The van der Waals surface area contributed by atoms with Gasteiger partial charge < -0.3 is 24.2 Å². The first kappa shape index (κ1) is 34.6. The van der Waals surface area contributed by atoms with Gasteiger partial charge in [0.15, 0.2) is 5.69 Å². The summed E-state index contributed by atoms with van der Waals surface area (Å²) in [7, 11) is 2.76. The van der Waals surface area contributed by atoms with Crippen LogP contribution in [0.5, 0.6) is 11.6 Å². The van der Waals surface area contributed by atoms with E-state index in [1.807, 2.05) is 23.1 Å². The number of carbonyl (C=O) groups is 2. The first-order valence-electron chi connectivity index (χ1n) is 15.1. The lowest BCUT2D eigenvalue weighted by atomic mass is 9.80. The Balaban J connectivity index is 1.55. The number of aryl methyl sites for hydroxylation is 1. The standard InChI is InChI=1S/C32H34F6N6O4/c1-4-8-26-30(48-27-19-25(32(36,37)38)40-41(27)2,12-7-14-44(26)28(45)21-20-39-13-11-22(21)31(33,34)35)29(46)43-17-15-42(16-18-43)23-9-5-6-10-24(23)47-3/h4-6,9-11,13,19-20,26H,1,7-8,12,14-18H2,2-3H3. The molecular weight excluding hydrogens is 646 g/mol. The largest absolute Gasteiger partial charge is 0.495 e. The summed E-state index contributed by atoms with van der Waals surface area (Å²) in [5.74, 6) is -1.44. The van der Waals surface area contributed by atoms with Crippen LogP contribution in [0.15, 0.2) is 61.4 Å². The maximum atomic E-state index is 14.7. The van der Waals surface area contributed by atoms with E-state index in [2.05, 4.69) is 16.7 Å². The number of rotatable bonds is 8. The van der Waals surface area contributed by atoms with Gasteiger partial charge in [-0.15, -0.1) is 6.58 Å². The number of methoxy groups -OCH3 is 1. The average Bonchev–Trinajstić information content (AvgIpc) is 3.44. The zero-order valence-corrected chi connectivity index (χ0v) is 26.2. The number of anilines is 1. The van der Waals surface area contributed by atoms with Gasteiger partial charge in [-0.05, 0) is 31.0 Å². The van der Waals surface area contributed by atoms with E-state index in [9.17, 15) is 35.9 Å². The predicted octanol–water partition coefficient (Wildman–Crippen LogP) is 5.21. The van der Waals surface area contributed by atoms with E-state index in [1.165, 1.54) is 18.0 Å². The molecule has 2 aliphatic rings. The number of nitrogens with zero attached hydrogens (tertiary/aromatic N) is 6. The van der Waals surface area contributed by atoms with Crippen LogP contribution >= 0.6 is 0 Å². The minimum Gasteiger partial charge on any atom is -0.495 e. The molecule has 1 aromatic carbocycles. The van der Waals surface area contributed by atoms with Crippen molar-refractivity contribution in [3.63, 3.8) is 0 Å². The second-order valence-electron chi connectivity index (χ2n) is 11.5. The van der Waals surface area contributed by atoms with E-state index in [1.54, 1.807) is 13.2 Å². The molecule has 258 valence electrons. The monoisotopic (exact) mass is 680 g/mol. The number of alkyl halides is 6. The van der Waals surface area contributed by atoms with Crippen LogP contribution in [0.2, 0.25) is 0 Å². The van der Waals surface area contributed by atoms with Crippen LogP contribution in [0.4, 0.5) is 32.0 Å². The van der Waals surface area contributed by atoms with Crippen LogP contribution in [-0.2, 0) is 24.2 Å². The van der Waals surface area contributed by atoms with Gasteiger partial charge in [0, 0.05) is 64.7 Å². The molecule has 5 rings (SSSR count). The molecule has 0 aliphatic carbocycles. The summed E-state index contributed by atoms with van der Waals surface area (Å²) in [6.07, 6.45) is -6.67. The number of likely N-dealkylation sites (tertiary alicyclic amines) is 1. The summed E-state index contributed by atoms with van der Waals surface area (Å²) >= 11 is 0. The first-order valence-corrected chi connectivity index (χ1v) is 15.1. The molecule has 2 saturated heterocycles. The Morgan fingerprint density at radius 3 is 2.38 bits per heavy atom. The topological polar surface area (TPSA) is 93.0 Å². The Kier molecular flexibility index (Phi) is 9.65. The minimum absolute atomic E-state index is 0.0491. The zero-order chi connectivity index (χ0) is 34.9. The summed E-state index contributed by atoms with van der Waals surface area (Å²) in [4.78, 5) is 37.0. The molecular formula is C32H34F6N6O4. The number of para-hydroxylation sites is 2. The summed E-state index contributed by atoms with van der Waals surface area (Å²) in [6, 6.07) is 7.44. The van der Waals surface area contributed by atoms with Gasteiger partial charge in [0.1, 0.15) is 5.75 Å². The van der Waals surface area contributed by atoms with Gasteiger partial charge in [0.25, 0.3) is 11.8 Å². The van der Waals surface area contributed by atoms with E-state index in [0.717, 1.165) is 27.7 Å². The van der Waals surface area contributed by atoms with Crippen LogP contribution in [0.3, 0.4) is 0 Å². The summed E-state index contributed by atoms with van der Waals surface area (Å²) in [5, 5.41) is 3.51.